The molecule has 1 aromatic carbocycles. The van der Waals surface area contributed by atoms with E-state index in [-0.39, 0.29) is 5.91 Å². The Morgan fingerprint density at radius 1 is 1.04 bits per heavy atom. The minimum Gasteiger partial charge on any atom is -0.340 e. The molecular formula is C18H26ClN3O. The normalized spacial score (nSPS) is 22.1. The van der Waals surface area contributed by atoms with Crippen molar-refractivity contribution in [3.05, 3.63) is 34.9 Å². The molecule has 0 radical (unpaired) electrons. The predicted molar refractivity (Wildman–Crippen MR) is 93.3 cm³/mol. The molecule has 0 aromatic heterocycles. The summed E-state index contributed by atoms with van der Waals surface area (Å²) in [6.45, 7) is 4.45. The lowest BCUT2D eigenvalue weighted by Gasteiger charge is -2.30. The van der Waals surface area contributed by atoms with Crippen molar-refractivity contribution in [1.29, 1.82) is 0 Å². The number of rotatable bonds is 3. The molecule has 1 aromatic rings. The van der Waals surface area contributed by atoms with Crippen molar-refractivity contribution in [1.82, 2.24) is 9.80 Å². The van der Waals surface area contributed by atoms with Crippen LogP contribution in [-0.4, -0.2) is 47.4 Å². The van der Waals surface area contributed by atoms with Gasteiger partial charge >= 0.3 is 0 Å². The molecular weight excluding hydrogens is 310 g/mol. The summed E-state index contributed by atoms with van der Waals surface area (Å²) in [5, 5.41) is 0.770. The number of nitrogens with two attached hydrogens (primary N) is 1. The Balaban J connectivity index is 1.56. The highest BCUT2D eigenvalue weighted by molar-refractivity contribution is 6.30. The van der Waals surface area contributed by atoms with Crippen LogP contribution >= 0.6 is 11.6 Å². The van der Waals surface area contributed by atoms with Crippen LogP contribution in [0.3, 0.4) is 0 Å². The summed E-state index contributed by atoms with van der Waals surface area (Å²) >= 11 is 5.94. The molecule has 0 unspecified atom stereocenters. The molecule has 1 saturated heterocycles. The molecule has 5 heteroatoms. The Morgan fingerprint density at radius 2 is 1.74 bits per heavy atom. The summed E-state index contributed by atoms with van der Waals surface area (Å²) in [6, 6.07) is 8.01. The second-order valence-corrected chi connectivity index (χ2v) is 7.35. The Labute approximate surface area is 143 Å². The van der Waals surface area contributed by atoms with Gasteiger partial charge in [0.1, 0.15) is 0 Å². The van der Waals surface area contributed by atoms with Gasteiger partial charge in [0.05, 0.1) is 5.54 Å². The van der Waals surface area contributed by atoms with E-state index in [0.717, 1.165) is 69.9 Å². The zero-order chi connectivity index (χ0) is 16.3. The number of hydrogen-bond acceptors (Lipinski definition) is 3. The largest absolute Gasteiger partial charge is 0.340 e. The molecule has 2 N–H and O–H groups in total. The van der Waals surface area contributed by atoms with Crippen molar-refractivity contribution in [3.63, 3.8) is 0 Å². The van der Waals surface area contributed by atoms with Gasteiger partial charge in [-0.2, -0.15) is 0 Å². The van der Waals surface area contributed by atoms with E-state index in [4.69, 9.17) is 17.3 Å². The molecule has 1 heterocycles. The third kappa shape index (κ3) is 4.06. The molecule has 2 aliphatic rings. The van der Waals surface area contributed by atoms with Crippen LogP contribution in [0.5, 0.6) is 0 Å². The molecule has 4 nitrogen and oxygen atoms in total. The van der Waals surface area contributed by atoms with Gasteiger partial charge in [-0.15, -0.1) is 0 Å². The van der Waals surface area contributed by atoms with E-state index in [1.54, 1.807) is 0 Å². The molecule has 0 atom stereocenters. The first-order chi connectivity index (χ1) is 11.1. The van der Waals surface area contributed by atoms with Crippen LogP contribution in [0, 0.1) is 0 Å². The van der Waals surface area contributed by atoms with Crippen molar-refractivity contribution in [2.24, 2.45) is 5.73 Å². The van der Waals surface area contributed by atoms with E-state index in [1.165, 1.54) is 5.56 Å². The van der Waals surface area contributed by atoms with Crippen LogP contribution in [0.2, 0.25) is 5.02 Å². The first kappa shape index (κ1) is 16.7. The van der Waals surface area contributed by atoms with Gasteiger partial charge in [-0.25, -0.2) is 0 Å². The van der Waals surface area contributed by atoms with Crippen LogP contribution in [0.4, 0.5) is 0 Å². The molecule has 0 bridgehead atoms. The average molecular weight is 336 g/mol. The van der Waals surface area contributed by atoms with Gasteiger partial charge in [0.25, 0.3) is 0 Å². The van der Waals surface area contributed by atoms with Gasteiger partial charge in [-0.3, -0.25) is 9.69 Å². The highest BCUT2D eigenvalue weighted by Crippen LogP contribution is 2.29. The Kier molecular flexibility index (Phi) is 5.24. The zero-order valence-corrected chi connectivity index (χ0v) is 14.4. The van der Waals surface area contributed by atoms with Crippen LogP contribution in [0.1, 0.15) is 37.7 Å². The molecule has 0 spiro atoms. The zero-order valence-electron chi connectivity index (χ0n) is 13.6. The maximum atomic E-state index is 12.7. The first-order valence-electron chi connectivity index (χ1n) is 8.62. The fourth-order valence-corrected chi connectivity index (χ4v) is 3.84. The van der Waals surface area contributed by atoms with E-state index in [0.29, 0.717) is 0 Å². The molecule has 1 aliphatic carbocycles. The molecule has 3 rings (SSSR count). The third-order valence-electron chi connectivity index (χ3n) is 5.12. The van der Waals surface area contributed by atoms with Gasteiger partial charge in [-0.1, -0.05) is 36.6 Å². The Bertz CT molecular complexity index is 540. The summed E-state index contributed by atoms with van der Waals surface area (Å²) in [5.74, 6) is 0.170. The Morgan fingerprint density at radius 3 is 2.43 bits per heavy atom. The number of carbonyl (C=O) groups is 1. The average Bonchev–Trinajstić information content (AvgIpc) is 2.87. The van der Waals surface area contributed by atoms with E-state index >= 15 is 0 Å². The summed E-state index contributed by atoms with van der Waals surface area (Å²) in [6.07, 6.45) is 4.86. The minimum atomic E-state index is -0.592. The maximum absolute atomic E-state index is 12.7. The van der Waals surface area contributed by atoms with E-state index in [9.17, 15) is 4.79 Å². The number of amides is 1. The second-order valence-electron chi connectivity index (χ2n) is 6.91. The summed E-state index contributed by atoms with van der Waals surface area (Å²) in [4.78, 5) is 17.1. The number of benzene rings is 1. The highest BCUT2D eigenvalue weighted by Gasteiger charge is 2.40. The topological polar surface area (TPSA) is 49.6 Å². The molecule has 126 valence electrons. The molecule has 1 amide bonds. The van der Waals surface area contributed by atoms with Gasteiger partial charge in [0.15, 0.2) is 0 Å². The maximum Gasteiger partial charge on any atom is 0.242 e. The van der Waals surface area contributed by atoms with Crippen LogP contribution in [0.25, 0.3) is 0 Å². The molecule has 23 heavy (non-hydrogen) atoms. The standard InChI is InChI=1S/C18H26ClN3O/c19-16-6-4-15(5-7-16)14-21-10-3-11-22(13-12-21)17(23)18(20)8-1-2-9-18/h4-7H,1-3,8-14,20H2. The van der Waals surface area contributed by atoms with E-state index in [2.05, 4.69) is 17.0 Å². The lowest BCUT2D eigenvalue weighted by Crippen LogP contribution is -2.54. The van der Waals surface area contributed by atoms with Gasteiger partial charge in [0.2, 0.25) is 5.91 Å². The summed E-state index contributed by atoms with van der Waals surface area (Å²) in [7, 11) is 0. The number of nitrogens with zero attached hydrogens (tertiary/aromatic N) is 2. The third-order valence-corrected chi connectivity index (χ3v) is 5.37. The summed E-state index contributed by atoms with van der Waals surface area (Å²) in [5.41, 5.74) is 7.01. The quantitative estimate of drug-likeness (QED) is 0.923. The minimum absolute atomic E-state index is 0.170. The summed E-state index contributed by atoms with van der Waals surface area (Å²) < 4.78 is 0. The van der Waals surface area contributed by atoms with E-state index < -0.39 is 5.54 Å². The first-order valence-corrected chi connectivity index (χ1v) is 9.00. The monoisotopic (exact) mass is 335 g/mol. The van der Waals surface area contributed by atoms with Crippen LogP contribution in [-0.2, 0) is 11.3 Å². The fourth-order valence-electron chi connectivity index (χ4n) is 3.71. The Hall–Kier alpha value is -1.10. The molecule has 2 fully saturated rings. The van der Waals surface area contributed by atoms with Gasteiger partial charge in [0, 0.05) is 37.7 Å². The number of carbonyl (C=O) groups excluding carboxylic acids is 1. The predicted octanol–water partition coefficient (Wildman–Crippen LogP) is 2.65. The van der Waals surface area contributed by atoms with Crippen molar-refractivity contribution < 1.29 is 4.79 Å². The molecule has 1 aliphatic heterocycles. The number of halogens is 1. The van der Waals surface area contributed by atoms with Gasteiger partial charge < -0.3 is 10.6 Å². The lowest BCUT2D eigenvalue weighted by atomic mass is 9.97. The second kappa shape index (κ2) is 7.20. The highest BCUT2D eigenvalue weighted by atomic mass is 35.5. The lowest BCUT2D eigenvalue weighted by molar-refractivity contribution is -0.136. The van der Waals surface area contributed by atoms with E-state index in [1.807, 2.05) is 17.0 Å². The number of hydrogen-bond donors (Lipinski definition) is 1. The van der Waals surface area contributed by atoms with Crippen LogP contribution < -0.4 is 5.73 Å². The van der Waals surface area contributed by atoms with Crippen LogP contribution in [0.15, 0.2) is 24.3 Å². The van der Waals surface area contributed by atoms with Crippen molar-refractivity contribution >= 4 is 17.5 Å². The van der Waals surface area contributed by atoms with Crippen molar-refractivity contribution in [2.45, 2.75) is 44.2 Å². The van der Waals surface area contributed by atoms with Crippen molar-refractivity contribution in [2.75, 3.05) is 26.2 Å². The van der Waals surface area contributed by atoms with Crippen molar-refractivity contribution in [3.8, 4) is 0 Å². The van der Waals surface area contributed by atoms with Gasteiger partial charge in [-0.05, 0) is 37.0 Å². The SMILES string of the molecule is NC1(C(=O)N2CCCN(Cc3ccc(Cl)cc3)CC2)CCCC1. The molecule has 1 saturated carbocycles. The smallest absolute Gasteiger partial charge is 0.242 e. The fraction of sp³-hybridized carbons (Fsp3) is 0.611.